The Morgan fingerprint density at radius 3 is 2.74 bits per heavy atom. The highest BCUT2D eigenvalue weighted by molar-refractivity contribution is 5.62. The summed E-state index contributed by atoms with van der Waals surface area (Å²) in [5.41, 5.74) is 1.35. The molecular weight excluding hydrogens is 244 g/mol. The third kappa shape index (κ3) is 3.25. The Morgan fingerprint density at radius 2 is 2.11 bits per heavy atom. The summed E-state index contributed by atoms with van der Waals surface area (Å²) in [6, 6.07) is 9.96. The third-order valence-corrected chi connectivity index (χ3v) is 2.57. The fourth-order valence-corrected chi connectivity index (χ4v) is 1.61. The molecule has 0 saturated carbocycles. The molecule has 2 aromatic rings. The molecule has 0 aliphatic heterocycles. The van der Waals surface area contributed by atoms with Crippen LogP contribution in [0.25, 0.3) is 11.3 Å². The number of aromatic nitrogens is 2. The van der Waals surface area contributed by atoms with Gasteiger partial charge < -0.3 is 5.32 Å². The Kier molecular flexibility index (Phi) is 4.02. The van der Waals surface area contributed by atoms with Crippen LogP contribution in [0, 0.1) is 10.1 Å². The number of nitrogens with one attached hydrogen (secondary N) is 1. The van der Waals surface area contributed by atoms with Crippen LogP contribution >= 0.6 is 0 Å². The number of hydrogen-bond donors (Lipinski definition) is 1. The van der Waals surface area contributed by atoms with E-state index in [0.717, 1.165) is 13.0 Å². The monoisotopic (exact) mass is 258 g/mol. The zero-order chi connectivity index (χ0) is 13.7. The minimum Gasteiger partial charge on any atom is -0.369 e. The summed E-state index contributed by atoms with van der Waals surface area (Å²) in [6.07, 6.45) is 1.01. The second-order valence-electron chi connectivity index (χ2n) is 4.04. The van der Waals surface area contributed by atoms with E-state index < -0.39 is 4.92 Å². The number of non-ortho nitro benzene ring substituents is 1. The fraction of sp³-hybridized carbons (Fsp3) is 0.231. The highest BCUT2D eigenvalue weighted by atomic mass is 16.6. The average molecular weight is 258 g/mol. The van der Waals surface area contributed by atoms with E-state index in [9.17, 15) is 10.1 Å². The minimum atomic E-state index is -0.423. The first-order valence-electron chi connectivity index (χ1n) is 6.03. The standard InChI is InChI=1S/C13H14N4O2/c1-2-8-14-13-7-6-12(15-16-13)10-4-3-5-11(9-10)17(18)19/h3-7,9H,2,8H2,1H3,(H,14,16). The van der Waals surface area contributed by atoms with Crippen molar-refractivity contribution in [2.45, 2.75) is 13.3 Å². The molecule has 98 valence electrons. The Bertz CT molecular complexity index is 569. The van der Waals surface area contributed by atoms with Crippen LogP contribution in [-0.4, -0.2) is 21.7 Å². The summed E-state index contributed by atoms with van der Waals surface area (Å²) in [5.74, 6) is 0.705. The first-order chi connectivity index (χ1) is 9.20. The first-order valence-corrected chi connectivity index (χ1v) is 6.03. The molecule has 1 aromatic carbocycles. The van der Waals surface area contributed by atoms with Gasteiger partial charge in [-0.1, -0.05) is 19.1 Å². The van der Waals surface area contributed by atoms with Crippen LogP contribution < -0.4 is 5.32 Å². The zero-order valence-corrected chi connectivity index (χ0v) is 10.5. The lowest BCUT2D eigenvalue weighted by Crippen LogP contribution is -2.02. The molecule has 0 unspecified atom stereocenters. The highest BCUT2D eigenvalue weighted by Crippen LogP contribution is 2.22. The molecule has 0 radical (unpaired) electrons. The van der Waals surface area contributed by atoms with Gasteiger partial charge in [0.1, 0.15) is 5.82 Å². The number of anilines is 1. The van der Waals surface area contributed by atoms with Gasteiger partial charge in [-0.3, -0.25) is 10.1 Å². The van der Waals surface area contributed by atoms with Gasteiger partial charge in [-0.05, 0) is 18.6 Å². The normalized spacial score (nSPS) is 10.2. The van der Waals surface area contributed by atoms with Gasteiger partial charge in [-0.25, -0.2) is 0 Å². The van der Waals surface area contributed by atoms with Crippen molar-refractivity contribution in [1.29, 1.82) is 0 Å². The van der Waals surface area contributed by atoms with Crippen LogP contribution in [0.3, 0.4) is 0 Å². The van der Waals surface area contributed by atoms with E-state index in [1.54, 1.807) is 18.2 Å². The fourth-order valence-electron chi connectivity index (χ4n) is 1.61. The number of rotatable bonds is 5. The van der Waals surface area contributed by atoms with Gasteiger partial charge in [0.15, 0.2) is 0 Å². The van der Waals surface area contributed by atoms with Crippen molar-refractivity contribution in [3.05, 3.63) is 46.5 Å². The van der Waals surface area contributed by atoms with Gasteiger partial charge in [-0.15, -0.1) is 10.2 Å². The van der Waals surface area contributed by atoms with E-state index >= 15 is 0 Å². The first kappa shape index (κ1) is 12.9. The van der Waals surface area contributed by atoms with Crippen molar-refractivity contribution in [2.75, 3.05) is 11.9 Å². The smallest absolute Gasteiger partial charge is 0.270 e. The van der Waals surface area contributed by atoms with Crippen molar-refractivity contribution < 1.29 is 4.92 Å². The summed E-state index contributed by atoms with van der Waals surface area (Å²) in [4.78, 5) is 10.3. The summed E-state index contributed by atoms with van der Waals surface area (Å²) in [6.45, 7) is 2.91. The lowest BCUT2D eigenvalue weighted by Gasteiger charge is -2.04. The Labute approximate surface area is 110 Å². The topological polar surface area (TPSA) is 81.0 Å². The van der Waals surface area contributed by atoms with E-state index in [0.29, 0.717) is 17.1 Å². The number of nitro benzene ring substituents is 1. The Balaban J connectivity index is 2.22. The van der Waals surface area contributed by atoms with Crippen LogP contribution in [0.5, 0.6) is 0 Å². The summed E-state index contributed by atoms with van der Waals surface area (Å²) in [5, 5.41) is 21.9. The maximum absolute atomic E-state index is 10.7. The van der Waals surface area contributed by atoms with E-state index in [4.69, 9.17) is 0 Å². The number of hydrogen-bond acceptors (Lipinski definition) is 5. The van der Waals surface area contributed by atoms with Crippen molar-refractivity contribution in [3.8, 4) is 11.3 Å². The zero-order valence-electron chi connectivity index (χ0n) is 10.5. The van der Waals surface area contributed by atoms with Gasteiger partial charge in [-0.2, -0.15) is 0 Å². The van der Waals surface area contributed by atoms with Crippen LogP contribution in [-0.2, 0) is 0 Å². The van der Waals surface area contributed by atoms with Crippen molar-refractivity contribution >= 4 is 11.5 Å². The lowest BCUT2D eigenvalue weighted by molar-refractivity contribution is -0.384. The summed E-state index contributed by atoms with van der Waals surface area (Å²) < 4.78 is 0. The maximum atomic E-state index is 10.7. The summed E-state index contributed by atoms with van der Waals surface area (Å²) >= 11 is 0. The SMILES string of the molecule is CCCNc1ccc(-c2cccc([N+](=O)[O-])c2)nn1. The average Bonchev–Trinajstić information content (AvgIpc) is 2.46. The molecule has 0 amide bonds. The van der Waals surface area contributed by atoms with E-state index in [2.05, 4.69) is 22.4 Å². The highest BCUT2D eigenvalue weighted by Gasteiger charge is 2.08. The molecular formula is C13H14N4O2. The van der Waals surface area contributed by atoms with Gasteiger partial charge >= 0.3 is 0 Å². The van der Waals surface area contributed by atoms with Crippen molar-refractivity contribution in [3.63, 3.8) is 0 Å². The van der Waals surface area contributed by atoms with Crippen LogP contribution in [0.4, 0.5) is 11.5 Å². The molecule has 19 heavy (non-hydrogen) atoms. The number of nitro groups is 1. The largest absolute Gasteiger partial charge is 0.369 e. The molecule has 0 atom stereocenters. The molecule has 0 spiro atoms. The molecule has 0 aliphatic carbocycles. The van der Waals surface area contributed by atoms with Gasteiger partial charge in [0.25, 0.3) is 5.69 Å². The van der Waals surface area contributed by atoms with Crippen LogP contribution in [0.1, 0.15) is 13.3 Å². The molecule has 0 bridgehead atoms. The molecule has 2 rings (SSSR count). The predicted octanol–water partition coefficient (Wildman–Crippen LogP) is 2.87. The predicted molar refractivity (Wildman–Crippen MR) is 72.9 cm³/mol. The molecule has 6 heteroatoms. The lowest BCUT2D eigenvalue weighted by atomic mass is 10.1. The Hall–Kier alpha value is -2.50. The molecule has 1 aromatic heterocycles. The number of nitrogens with zero attached hydrogens (tertiary/aromatic N) is 3. The quantitative estimate of drug-likeness (QED) is 0.658. The van der Waals surface area contributed by atoms with Gasteiger partial charge in [0, 0.05) is 24.2 Å². The summed E-state index contributed by atoms with van der Waals surface area (Å²) in [7, 11) is 0. The van der Waals surface area contributed by atoms with Gasteiger partial charge in [0.05, 0.1) is 10.6 Å². The molecule has 0 saturated heterocycles. The van der Waals surface area contributed by atoms with E-state index in [-0.39, 0.29) is 5.69 Å². The van der Waals surface area contributed by atoms with Crippen LogP contribution in [0.2, 0.25) is 0 Å². The Morgan fingerprint density at radius 1 is 1.26 bits per heavy atom. The second kappa shape index (κ2) is 5.90. The van der Waals surface area contributed by atoms with Crippen molar-refractivity contribution in [2.24, 2.45) is 0 Å². The second-order valence-corrected chi connectivity index (χ2v) is 4.04. The molecule has 6 nitrogen and oxygen atoms in total. The van der Waals surface area contributed by atoms with Crippen LogP contribution in [0.15, 0.2) is 36.4 Å². The molecule has 0 fully saturated rings. The number of benzene rings is 1. The maximum Gasteiger partial charge on any atom is 0.270 e. The van der Waals surface area contributed by atoms with Gasteiger partial charge in [0.2, 0.25) is 0 Å². The minimum absolute atomic E-state index is 0.0486. The molecule has 0 aliphatic rings. The third-order valence-electron chi connectivity index (χ3n) is 2.57. The van der Waals surface area contributed by atoms with Crippen molar-refractivity contribution in [1.82, 2.24) is 10.2 Å². The van der Waals surface area contributed by atoms with E-state index in [1.165, 1.54) is 12.1 Å². The molecule has 1 N–H and O–H groups in total. The molecule has 1 heterocycles. The van der Waals surface area contributed by atoms with E-state index in [1.807, 2.05) is 6.07 Å².